The first kappa shape index (κ1) is 13.3. The predicted molar refractivity (Wildman–Crippen MR) is 72.8 cm³/mol. The summed E-state index contributed by atoms with van der Waals surface area (Å²) in [6.45, 7) is 0. The molecule has 21 heavy (non-hydrogen) atoms. The van der Waals surface area contributed by atoms with Crippen molar-refractivity contribution in [2.45, 2.75) is 18.8 Å². The van der Waals surface area contributed by atoms with Gasteiger partial charge >= 0.3 is 5.97 Å². The average molecular weight is 287 g/mol. The van der Waals surface area contributed by atoms with E-state index in [0.717, 1.165) is 0 Å². The van der Waals surface area contributed by atoms with Crippen molar-refractivity contribution in [2.24, 2.45) is 7.05 Å². The minimum absolute atomic E-state index is 0.147. The van der Waals surface area contributed by atoms with Crippen molar-refractivity contribution in [1.29, 1.82) is 0 Å². The van der Waals surface area contributed by atoms with Crippen molar-refractivity contribution >= 4 is 28.7 Å². The van der Waals surface area contributed by atoms with Gasteiger partial charge in [-0.05, 0) is 18.1 Å². The number of aryl methyl sites for hydroxylation is 1. The molecule has 2 heterocycles. The van der Waals surface area contributed by atoms with E-state index in [4.69, 9.17) is 0 Å². The molecule has 0 bridgehead atoms. The number of aromatic carboxylic acids is 1. The van der Waals surface area contributed by atoms with Crippen molar-refractivity contribution in [1.82, 2.24) is 15.1 Å². The highest BCUT2D eigenvalue weighted by Crippen LogP contribution is 2.31. The second kappa shape index (κ2) is 4.69. The minimum Gasteiger partial charge on any atom is -0.478 e. The largest absolute Gasteiger partial charge is 0.478 e. The number of imide groups is 1. The molecule has 0 aliphatic carbocycles. The van der Waals surface area contributed by atoms with Gasteiger partial charge in [0.1, 0.15) is 0 Å². The monoisotopic (exact) mass is 287 g/mol. The summed E-state index contributed by atoms with van der Waals surface area (Å²) < 4.78 is 1.52. The first-order valence-corrected chi connectivity index (χ1v) is 6.50. The van der Waals surface area contributed by atoms with Gasteiger partial charge in [-0.15, -0.1) is 0 Å². The molecule has 1 unspecified atom stereocenters. The third kappa shape index (κ3) is 2.16. The molecule has 0 radical (unpaired) electrons. The van der Waals surface area contributed by atoms with E-state index in [1.54, 1.807) is 19.3 Å². The van der Waals surface area contributed by atoms with E-state index < -0.39 is 11.9 Å². The molecular formula is C14H13N3O4. The van der Waals surface area contributed by atoms with Crippen LogP contribution in [-0.2, 0) is 16.6 Å². The molecule has 2 N–H and O–H groups in total. The molecule has 1 aromatic carbocycles. The van der Waals surface area contributed by atoms with Gasteiger partial charge in [-0.2, -0.15) is 5.10 Å². The summed E-state index contributed by atoms with van der Waals surface area (Å²) >= 11 is 0. The zero-order valence-electron chi connectivity index (χ0n) is 11.3. The van der Waals surface area contributed by atoms with Gasteiger partial charge in [0.05, 0.1) is 17.0 Å². The zero-order valence-corrected chi connectivity index (χ0v) is 11.3. The van der Waals surface area contributed by atoms with Crippen molar-refractivity contribution in [3.05, 3.63) is 29.5 Å². The molecule has 1 atom stereocenters. The van der Waals surface area contributed by atoms with Crippen LogP contribution in [0.5, 0.6) is 0 Å². The van der Waals surface area contributed by atoms with Gasteiger partial charge in [0.2, 0.25) is 11.8 Å². The molecule has 108 valence electrons. The maximum atomic E-state index is 12.0. The fraction of sp³-hybridized carbons (Fsp3) is 0.286. The number of nitrogens with zero attached hydrogens (tertiary/aromatic N) is 2. The van der Waals surface area contributed by atoms with E-state index in [2.05, 4.69) is 10.4 Å². The van der Waals surface area contributed by atoms with E-state index >= 15 is 0 Å². The van der Waals surface area contributed by atoms with Crippen LogP contribution in [0, 0.1) is 0 Å². The number of benzene rings is 1. The number of hydrogen-bond acceptors (Lipinski definition) is 4. The van der Waals surface area contributed by atoms with Crippen LogP contribution in [0.25, 0.3) is 10.9 Å². The highest BCUT2D eigenvalue weighted by molar-refractivity contribution is 6.06. The topological polar surface area (TPSA) is 101 Å². The summed E-state index contributed by atoms with van der Waals surface area (Å²) in [4.78, 5) is 34.5. The van der Waals surface area contributed by atoms with Gasteiger partial charge in [-0.3, -0.25) is 19.6 Å². The van der Waals surface area contributed by atoms with E-state index in [9.17, 15) is 19.5 Å². The summed E-state index contributed by atoms with van der Waals surface area (Å²) in [5.74, 6) is -2.16. The number of carboxylic acid groups (broad SMARTS) is 1. The van der Waals surface area contributed by atoms with E-state index in [1.165, 1.54) is 10.7 Å². The molecule has 2 aromatic rings. The molecule has 7 heteroatoms. The smallest absolute Gasteiger partial charge is 0.336 e. The number of fused-ring (bicyclic) bond motifs is 1. The lowest BCUT2D eigenvalue weighted by Crippen LogP contribution is -2.39. The molecule has 1 saturated heterocycles. The van der Waals surface area contributed by atoms with Gasteiger partial charge in [0, 0.05) is 25.1 Å². The number of carbonyl (C=O) groups excluding carboxylic acids is 2. The van der Waals surface area contributed by atoms with Gasteiger partial charge in [-0.1, -0.05) is 6.07 Å². The summed E-state index contributed by atoms with van der Waals surface area (Å²) in [7, 11) is 1.69. The Morgan fingerprint density at radius 3 is 2.86 bits per heavy atom. The number of nitrogens with one attached hydrogen (secondary N) is 1. The summed E-state index contributed by atoms with van der Waals surface area (Å²) in [6, 6.07) is 3.09. The van der Waals surface area contributed by atoms with Crippen LogP contribution in [0.4, 0.5) is 0 Å². The Kier molecular flexibility index (Phi) is 2.97. The van der Waals surface area contributed by atoms with Crippen molar-refractivity contribution in [3.8, 4) is 0 Å². The Balaban J connectivity index is 2.16. The van der Waals surface area contributed by atoms with E-state index in [0.29, 0.717) is 22.9 Å². The van der Waals surface area contributed by atoms with Crippen LogP contribution in [0.3, 0.4) is 0 Å². The maximum Gasteiger partial charge on any atom is 0.336 e. The number of aromatic nitrogens is 2. The number of rotatable bonds is 2. The number of piperidine rings is 1. The number of hydrogen-bond donors (Lipinski definition) is 2. The van der Waals surface area contributed by atoms with Crippen LogP contribution in [0.15, 0.2) is 18.3 Å². The van der Waals surface area contributed by atoms with Crippen molar-refractivity contribution in [2.75, 3.05) is 0 Å². The first-order chi connectivity index (χ1) is 9.97. The highest BCUT2D eigenvalue weighted by Gasteiger charge is 2.30. The lowest BCUT2D eigenvalue weighted by atomic mass is 9.88. The number of carboxylic acids is 1. The molecule has 1 aromatic heterocycles. The Bertz CT molecular complexity index is 778. The van der Waals surface area contributed by atoms with Crippen LogP contribution < -0.4 is 5.32 Å². The van der Waals surface area contributed by atoms with E-state index in [1.807, 2.05) is 0 Å². The fourth-order valence-corrected chi connectivity index (χ4v) is 2.70. The normalized spacial score (nSPS) is 18.8. The lowest BCUT2D eigenvalue weighted by Gasteiger charge is -2.21. The Morgan fingerprint density at radius 1 is 1.43 bits per heavy atom. The summed E-state index contributed by atoms with van der Waals surface area (Å²) in [5.41, 5.74) is 1.29. The van der Waals surface area contributed by atoms with Crippen LogP contribution in [0.1, 0.15) is 34.7 Å². The predicted octanol–water partition coefficient (Wildman–Crippen LogP) is 0.792. The molecule has 1 fully saturated rings. The van der Waals surface area contributed by atoms with Gasteiger partial charge < -0.3 is 5.11 Å². The third-order valence-electron chi connectivity index (χ3n) is 3.67. The van der Waals surface area contributed by atoms with Gasteiger partial charge in [0.15, 0.2) is 0 Å². The van der Waals surface area contributed by atoms with Crippen molar-refractivity contribution < 1.29 is 19.5 Å². The highest BCUT2D eigenvalue weighted by atomic mass is 16.4. The molecule has 2 amide bonds. The van der Waals surface area contributed by atoms with Crippen LogP contribution in [0.2, 0.25) is 0 Å². The molecule has 3 rings (SSSR count). The average Bonchev–Trinajstić information content (AvgIpc) is 2.79. The van der Waals surface area contributed by atoms with Gasteiger partial charge in [0.25, 0.3) is 0 Å². The Hall–Kier alpha value is -2.70. The minimum atomic E-state index is -1.04. The molecule has 1 aliphatic rings. The molecule has 1 aliphatic heterocycles. The standard InChI is InChI=1S/C14H13N3O4/c1-17-6-10-9(14(20)21)3-2-7(12(10)16-17)8-4-5-11(18)15-13(8)19/h2-3,6,8H,4-5H2,1H3,(H,20,21)(H,15,18,19). The number of amides is 2. The zero-order chi connectivity index (χ0) is 15.1. The van der Waals surface area contributed by atoms with Gasteiger partial charge in [-0.25, -0.2) is 4.79 Å². The fourth-order valence-electron chi connectivity index (χ4n) is 2.70. The molecule has 0 spiro atoms. The van der Waals surface area contributed by atoms with E-state index in [-0.39, 0.29) is 23.8 Å². The second-order valence-electron chi connectivity index (χ2n) is 5.08. The quantitative estimate of drug-likeness (QED) is 0.795. The maximum absolute atomic E-state index is 12.0. The Morgan fingerprint density at radius 2 is 2.19 bits per heavy atom. The lowest BCUT2D eigenvalue weighted by molar-refractivity contribution is -0.134. The summed E-state index contributed by atoms with van der Waals surface area (Å²) in [6.07, 6.45) is 2.29. The Labute approximate surface area is 119 Å². The number of carbonyl (C=O) groups is 3. The summed E-state index contributed by atoms with van der Waals surface area (Å²) in [5, 5.41) is 16.3. The van der Waals surface area contributed by atoms with Crippen LogP contribution in [-0.4, -0.2) is 32.7 Å². The SMILES string of the molecule is Cn1cc2c(C(=O)O)ccc(C3CCC(=O)NC3=O)c2n1. The molecule has 0 saturated carbocycles. The van der Waals surface area contributed by atoms with Crippen molar-refractivity contribution in [3.63, 3.8) is 0 Å². The molecule has 7 nitrogen and oxygen atoms in total. The molecular weight excluding hydrogens is 274 g/mol. The first-order valence-electron chi connectivity index (χ1n) is 6.50. The van der Waals surface area contributed by atoms with Crippen LogP contribution >= 0.6 is 0 Å². The third-order valence-corrected chi connectivity index (χ3v) is 3.67. The second-order valence-corrected chi connectivity index (χ2v) is 5.08.